The first-order valence-corrected chi connectivity index (χ1v) is 17.1. The lowest BCUT2D eigenvalue weighted by Crippen LogP contribution is -2.43. The molecule has 2 aromatic heterocycles. The lowest BCUT2D eigenvalue weighted by atomic mass is 10.2. The van der Waals surface area contributed by atoms with Gasteiger partial charge in [-0.2, -0.15) is 4.98 Å². The van der Waals surface area contributed by atoms with Crippen LogP contribution in [-0.2, 0) is 4.74 Å². The van der Waals surface area contributed by atoms with Crippen molar-refractivity contribution in [1.82, 2.24) is 14.5 Å². The second kappa shape index (κ2) is 12.5. The number of anilines is 3. The largest absolute Gasteiger partial charge is 0.378 e. The zero-order valence-electron chi connectivity index (χ0n) is 25.5. The van der Waals surface area contributed by atoms with E-state index in [1.54, 1.807) is 16.8 Å². The number of morpholine rings is 1. The number of aromatic nitrogens is 3. The van der Waals surface area contributed by atoms with E-state index in [9.17, 15) is 4.79 Å². The number of nitrogens with one attached hydrogen (secondary N) is 1. The molecule has 5 rings (SSSR count). The Morgan fingerprint density at radius 3 is 2.14 bits per heavy atom. The second-order valence-corrected chi connectivity index (χ2v) is 17.5. The van der Waals surface area contributed by atoms with Crippen molar-refractivity contribution < 1.29 is 4.74 Å². The molecule has 1 aliphatic rings. The number of fused-ring (bicyclic) bond motifs is 1. The molecule has 0 saturated carbocycles. The fourth-order valence-corrected chi connectivity index (χ4v) is 11.6. The number of rotatable bonds is 7. The minimum absolute atomic E-state index is 0.163. The molecule has 0 aliphatic carbocycles. The molecule has 0 amide bonds. The maximum Gasteiger partial charge on any atom is 0.258 e. The van der Waals surface area contributed by atoms with Gasteiger partial charge in [-0.25, -0.2) is 4.98 Å². The van der Waals surface area contributed by atoms with Crippen LogP contribution >= 0.6 is 0 Å². The predicted octanol–water partition coefficient (Wildman–Crippen LogP) is 6.93. The van der Waals surface area contributed by atoms with Gasteiger partial charge in [-0.3, -0.25) is 9.36 Å². The van der Waals surface area contributed by atoms with E-state index in [0.29, 0.717) is 33.8 Å². The molecular weight excluding hydrogens is 538 g/mol. The van der Waals surface area contributed by atoms with Gasteiger partial charge in [0.25, 0.3) is 5.56 Å². The molecule has 1 aliphatic heterocycles. The molecule has 0 bridgehead atoms. The van der Waals surface area contributed by atoms with E-state index in [0.717, 1.165) is 48.8 Å². The summed E-state index contributed by atoms with van der Waals surface area (Å²) < 4.78 is 7.12. The SMILES string of the molecule is CC(C)[Si](C#Cc1cc(=O)n(-c2ccccc2)c2nc(Nc3ccc(N4CCOCC4)cc3)ncc12)(C(C)C)C(C)C. The van der Waals surface area contributed by atoms with Crippen LogP contribution in [0.15, 0.2) is 71.7 Å². The van der Waals surface area contributed by atoms with E-state index in [1.165, 1.54) is 0 Å². The number of para-hydroxylation sites is 1. The molecule has 3 heterocycles. The van der Waals surface area contributed by atoms with Gasteiger partial charge >= 0.3 is 0 Å². The molecule has 42 heavy (non-hydrogen) atoms. The fourth-order valence-electron chi connectivity index (χ4n) is 6.41. The topological polar surface area (TPSA) is 72.3 Å². The summed E-state index contributed by atoms with van der Waals surface area (Å²) >= 11 is 0. The predicted molar refractivity (Wildman–Crippen MR) is 176 cm³/mol. The number of benzene rings is 2. The van der Waals surface area contributed by atoms with Gasteiger partial charge in [0.05, 0.1) is 24.3 Å². The van der Waals surface area contributed by atoms with Gasteiger partial charge < -0.3 is 15.0 Å². The van der Waals surface area contributed by atoms with Gasteiger partial charge in [0.15, 0.2) is 5.65 Å². The third-order valence-corrected chi connectivity index (χ3v) is 14.8. The Kier molecular flexibility index (Phi) is 8.81. The maximum atomic E-state index is 13.7. The molecule has 4 aromatic rings. The van der Waals surface area contributed by atoms with Crippen LogP contribution in [0.3, 0.4) is 0 Å². The van der Waals surface area contributed by atoms with Crippen LogP contribution in [0.25, 0.3) is 16.7 Å². The molecule has 1 N–H and O–H groups in total. The highest BCUT2D eigenvalue weighted by Crippen LogP contribution is 2.41. The number of ether oxygens (including phenoxy) is 1. The van der Waals surface area contributed by atoms with Crippen molar-refractivity contribution in [1.29, 1.82) is 0 Å². The lowest BCUT2D eigenvalue weighted by Gasteiger charge is -2.38. The third kappa shape index (κ3) is 5.85. The molecule has 7 nitrogen and oxygen atoms in total. The molecular formula is C34H41N5O2Si. The molecule has 2 aromatic carbocycles. The Balaban J connectivity index is 1.59. The first-order chi connectivity index (χ1) is 20.2. The highest BCUT2D eigenvalue weighted by molar-refractivity contribution is 6.90. The molecule has 8 heteroatoms. The smallest absolute Gasteiger partial charge is 0.258 e. The third-order valence-electron chi connectivity index (χ3n) is 8.55. The minimum atomic E-state index is -2.01. The van der Waals surface area contributed by atoms with Crippen LogP contribution in [0.2, 0.25) is 16.6 Å². The zero-order valence-corrected chi connectivity index (χ0v) is 26.5. The van der Waals surface area contributed by atoms with Crippen molar-refractivity contribution in [2.45, 2.75) is 58.2 Å². The summed E-state index contributed by atoms with van der Waals surface area (Å²) in [6.07, 6.45) is 1.79. The van der Waals surface area contributed by atoms with Gasteiger partial charge in [0, 0.05) is 42.3 Å². The van der Waals surface area contributed by atoms with Crippen molar-refractivity contribution in [2.24, 2.45) is 0 Å². The Morgan fingerprint density at radius 1 is 0.881 bits per heavy atom. The van der Waals surface area contributed by atoms with Crippen LogP contribution in [0.1, 0.15) is 47.1 Å². The Hall–Kier alpha value is -3.93. The summed E-state index contributed by atoms with van der Waals surface area (Å²) in [6.45, 7) is 17.0. The van der Waals surface area contributed by atoms with Crippen molar-refractivity contribution in [3.63, 3.8) is 0 Å². The van der Waals surface area contributed by atoms with Gasteiger partial charge in [-0.1, -0.05) is 65.7 Å². The maximum absolute atomic E-state index is 13.7. The average molecular weight is 580 g/mol. The highest BCUT2D eigenvalue weighted by atomic mass is 28.3. The van der Waals surface area contributed by atoms with E-state index in [1.807, 2.05) is 42.5 Å². The number of nitrogens with zero attached hydrogens (tertiary/aromatic N) is 4. The molecule has 1 saturated heterocycles. The molecule has 0 atom stereocenters. The van der Waals surface area contributed by atoms with Crippen molar-refractivity contribution in [3.8, 4) is 17.2 Å². The Morgan fingerprint density at radius 2 is 1.52 bits per heavy atom. The van der Waals surface area contributed by atoms with E-state index in [4.69, 9.17) is 9.72 Å². The van der Waals surface area contributed by atoms with E-state index in [2.05, 4.69) is 80.3 Å². The van der Waals surface area contributed by atoms with Crippen molar-refractivity contribution in [2.75, 3.05) is 36.5 Å². The molecule has 218 valence electrons. The molecule has 0 spiro atoms. The van der Waals surface area contributed by atoms with Crippen LogP contribution in [0.4, 0.5) is 17.3 Å². The number of hydrogen-bond acceptors (Lipinski definition) is 6. The van der Waals surface area contributed by atoms with Gasteiger partial charge in [0.2, 0.25) is 5.95 Å². The van der Waals surface area contributed by atoms with Crippen molar-refractivity contribution in [3.05, 3.63) is 82.8 Å². The summed E-state index contributed by atoms with van der Waals surface area (Å²) in [6, 6.07) is 19.5. The van der Waals surface area contributed by atoms with E-state index >= 15 is 0 Å². The van der Waals surface area contributed by atoms with E-state index < -0.39 is 8.07 Å². The normalized spacial score (nSPS) is 14.0. The average Bonchev–Trinajstić information content (AvgIpc) is 2.98. The standard InChI is InChI=1S/C34H41N5O2Si/c1-24(2)42(25(3)4,26(5)6)21-16-27-22-32(40)39(30-10-8-7-9-11-30)33-31(27)23-35-34(37-33)36-28-12-14-29(15-13-28)38-17-19-41-20-18-38/h7-15,22-26H,17-20H2,1-6H3,(H,35,36,37). The van der Waals surface area contributed by atoms with Gasteiger partial charge in [0.1, 0.15) is 8.07 Å². The van der Waals surface area contributed by atoms with Crippen LogP contribution in [0, 0.1) is 11.5 Å². The summed E-state index contributed by atoms with van der Waals surface area (Å²) in [5.74, 6) is 3.91. The summed E-state index contributed by atoms with van der Waals surface area (Å²) in [5.41, 5.74) is 9.07. The number of pyridine rings is 1. The zero-order chi connectivity index (χ0) is 29.9. The monoisotopic (exact) mass is 579 g/mol. The number of hydrogen-bond donors (Lipinski definition) is 1. The Labute approximate surface area is 250 Å². The molecule has 0 radical (unpaired) electrons. The summed E-state index contributed by atoms with van der Waals surface area (Å²) in [5, 5.41) is 4.10. The second-order valence-electron chi connectivity index (χ2n) is 11.9. The summed E-state index contributed by atoms with van der Waals surface area (Å²) in [4.78, 5) is 25.5. The van der Waals surface area contributed by atoms with Crippen molar-refractivity contribution >= 4 is 36.4 Å². The first-order valence-electron chi connectivity index (χ1n) is 14.9. The van der Waals surface area contributed by atoms with Crippen LogP contribution < -0.4 is 15.8 Å². The quantitative estimate of drug-likeness (QED) is 0.189. The van der Waals surface area contributed by atoms with Crippen LogP contribution in [-0.4, -0.2) is 48.9 Å². The Bertz CT molecular complexity index is 1630. The van der Waals surface area contributed by atoms with Crippen LogP contribution in [0.5, 0.6) is 0 Å². The molecule has 0 unspecified atom stereocenters. The first kappa shape index (κ1) is 29.6. The molecule has 1 fully saturated rings. The lowest BCUT2D eigenvalue weighted by molar-refractivity contribution is 0.122. The minimum Gasteiger partial charge on any atom is -0.378 e. The van der Waals surface area contributed by atoms with E-state index in [-0.39, 0.29) is 5.56 Å². The summed E-state index contributed by atoms with van der Waals surface area (Å²) in [7, 11) is -2.01. The fraction of sp³-hybridized carbons (Fsp3) is 0.382. The highest BCUT2D eigenvalue weighted by Gasteiger charge is 2.41. The van der Waals surface area contributed by atoms with Gasteiger partial charge in [-0.05, 0) is 53.0 Å². The van der Waals surface area contributed by atoms with Gasteiger partial charge in [-0.15, -0.1) is 5.54 Å².